The summed E-state index contributed by atoms with van der Waals surface area (Å²) in [6.07, 6.45) is 3.76. The van der Waals surface area contributed by atoms with Gasteiger partial charge in [-0.1, -0.05) is 0 Å². The van der Waals surface area contributed by atoms with E-state index in [1.165, 1.54) is 12.8 Å². The first-order chi connectivity index (χ1) is 9.86. The van der Waals surface area contributed by atoms with Crippen molar-refractivity contribution >= 4 is 0 Å². The number of unbranched alkanes of at least 4 members (excludes halogenated alkanes) is 1. The molecule has 0 saturated heterocycles. The predicted octanol–water partition coefficient (Wildman–Crippen LogP) is 2.35. The Morgan fingerprint density at radius 1 is 1.30 bits per heavy atom. The quantitative estimate of drug-likeness (QED) is 0.773. The van der Waals surface area contributed by atoms with Gasteiger partial charge in [0.05, 0.1) is 12.7 Å². The fourth-order valence-corrected chi connectivity index (χ4v) is 2.11. The fourth-order valence-electron chi connectivity index (χ4n) is 2.11. The van der Waals surface area contributed by atoms with E-state index >= 15 is 0 Å². The van der Waals surface area contributed by atoms with Crippen molar-refractivity contribution in [2.75, 3.05) is 13.4 Å². The maximum atomic E-state index is 8.55. The summed E-state index contributed by atoms with van der Waals surface area (Å²) in [4.78, 5) is 0. The molecule has 0 unspecified atom stereocenters. The van der Waals surface area contributed by atoms with Gasteiger partial charge in [0.2, 0.25) is 6.79 Å². The van der Waals surface area contributed by atoms with Gasteiger partial charge in [0, 0.05) is 30.6 Å². The second kappa shape index (κ2) is 6.02. The number of hydrogen-bond acceptors (Lipinski definition) is 5. The summed E-state index contributed by atoms with van der Waals surface area (Å²) in [5.41, 5.74) is 1.08. The average Bonchev–Trinajstić information content (AvgIpc) is 3.18. The molecule has 5 nitrogen and oxygen atoms in total. The Hall–Kier alpha value is -1.93. The molecule has 1 aliphatic carbocycles. The fraction of sp³-hybridized carbons (Fsp3) is 0.533. The van der Waals surface area contributed by atoms with Crippen molar-refractivity contribution in [1.82, 2.24) is 5.32 Å². The number of rotatable bonds is 7. The second-order valence-electron chi connectivity index (χ2n) is 5.08. The Morgan fingerprint density at radius 2 is 2.10 bits per heavy atom. The molecule has 0 spiro atoms. The van der Waals surface area contributed by atoms with Crippen molar-refractivity contribution < 1.29 is 14.2 Å². The first kappa shape index (κ1) is 13.1. The lowest BCUT2D eigenvalue weighted by molar-refractivity contribution is 0.173. The number of nitrogens with one attached hydrogen (secondary N) is 1. The maximum Gasteiger partial charge on any atom is 0.231 e. The minimum Gasteiger partial charge on any atom is -0.493 e. The zero-order valence-electron chi connectivity index (χ0n) is 11.4. The molecule has 1 aliphatic heterocycles. The van der Waals surface area contributed by atoms with Gasteiger partial charge < -0.3 is 19.5 Å². The average molecular weight is 274 g/mol. The molecule has 0 atom stereocenters. The molecule has 1 saturated carbocycles. The molecule has 1 heterocycles. The topological polar surface area (TPSA) is 63.5 Å². The molecule has 0 radical (unpaired) electrons. The highest BCUT2D eigenvalue weighted by atomic mass is 16.7. The molecule has 0 bridgehead atoms. The monoisotopic (exact) mass is 274 g/mol. The molecular formula is C15H18N2O3. The van der Waals surface area contributed by atoms with Gasteiger partial charge in [-0.15, -0.1) is 0 Å². The molecule has 0 aromatic heterocycles. The summed E-state index contributed by atoms with van der Waals surface area (Å²) in [6, 6.07) is 6.64. The lowest BCUT2D eigenvalue weighted by atomic mass is 10.1. The van der Waals surface area contributed by atoms with Gasteiger partial charge in [0.25, 0.3) is 0 Å². The van der Waals surface area contributed by atoms with E-state index in [2.05, 4.69) is 11.4 Å². The summed E-state index contributed by atoms with van der Waals surface area (Å²) in [6.45, 7) is 1.58. The number of nitriles is 1. The normalized spacial score (nSPS) is 15.9. The van der Waals surface area contributed by atoms with Gasteiger partial charge in [-0.05, 0) is 25.3 Å². The predicted molar refractivity (Wildman–Crippen MR) is 72.8 cm³/mol. The van der Waals surface area contributed by atoms with Gasteiger partial charge in [0.15, 0.2) is 11.5 Å². The van der Waals surface area contributed by atoms with Crippen LogP contribution in [0.2, 0.25) is 0 Å². The van der Waals surface area contributed by atoms with Crippen molar-refractivity contribution in [3.8, 4) is 23.3 Å². The first-order valence-electron chi connectivity index (χ1n) is 7.02. The minimum absolute atomic E-state index is 0.267. The Labute approximate surface area is 118 Å². The van der Waals surface area contributed by atoms with Crippen LogP contribution in [-0.2, 0) is 6.54 Å². The molecule has 1 fully saturated rings. The van der Waals surface area contributed by atoms with Crippen LogP contribution in [0.3, 0.4) is 0 Å². The Bertz CT molecular complexity index is 521. The minimum atomic E-state index is 0.267. The van der Waals surface area contributed by atoms with E-state index in [1.54, 1.807) is 0 Å². The molecule has 1 aromatic carbocycles. The van der Waals surface area contributed by atoms with Gasteiger partial charge in [0.1, 0.15) is 5.75 Å². The van der Waals surface area contributed by atoms with Gasteiger partial charge in [-0.3, -0.25) is 0 Å². The SMILES string of the molecule is N#CCCCOc1cc2c(cc1CNC1CC1)OCO2. The van der Waals surface area contributed by atoms with Gasteiger partial charge in [-0.25, -0.2) is 0 Å². The molecule has 1 N–H and O–H groups in total. The maximum absolute atomic E-state index is 8.55. The van der Waals surface area contributed by atoms with Crippen LogP contribution in [0.5, 0.6) is 17.2 Å². The zero-order chi connectivity index (χ0) is 13.8. The van der Waals surface area contributed by atoms with Crippen molar-refractivity contribution in [3.05, 3.63) is 17.7 Å². The van der Waals surface area contributed by atoms with Crippen LogP contribution in [0.4, 0.5) is 0 Å². The highest BCUT2D eigenvalue weighted by Crippen LogP contribution is 2.38. The third-order valence-electron chi connectivity index (χ3n) is 3.40. The van der Waals surface area contributed by atoms with Gasteiger partial charge in [-0.2, -0.15) is 5.26 Å². The molecule has 0 amide bonds. The van der Waals surface area contributed by atoms with E-state index in [0.29, 0.717) is 19.1 Å². The third-order valence-corrected chi connectivity index (χ3v) is 3.40. The van der Waals surface area contributed by atoms with Crippen LogP contribution in [0.1, 0.15) is 31.2 Å². The van der Waals surface area contributed by atoms with Crippen molar-refractivity contribution in [1.29, 1.82) is 5.26 Å². The molecule has 1 aromatic rings. The lowest BCUT2D eigenvalue weighted by Crippen LogP contribution is -2.16. The van der Waals surface area contributed by atoms with E-state index in [1.807, 2.05) is 12.1 Å². The molecule has 20 heavy (non-hydrogen) atoms. The summed E-state index contributed by atoms with van der Waals surface area (Å²) in [7, 11) is 0. The largest absolute Gasteiger partial charge is 0.493 e. The number of nitrogens with zero attached hydrogens (tertiary/aromatic N) is 1. The number of benzene rings is 1. The summed E-state index contributed by atoms with van der Waals surface area (Å²) in [5, 5.41) is 12.0. The summed E-state index contributed by atoms with van der Waals surface area (Å²) < 4.78 is 16.6. The molecule has 3 rings (SSSR count). The van der Waals surface area contributed by atoms with Crippen molar-refractivity contribution in [3.63, 3.8) is 0 Å². The van der Waals surface area contributed by atoms with E-state index in [4.69, 9.17) is 19.5 Å². The van der Waals surface area contributed by atoms with Crippen LogP contribution in [0, 0.1) is 11.3 Å². The van der Waals surface area contributed by atoms with Crippen molar-refractivity contribution in [2.24, 2.45) is 0 Å². The third kappa shape index (κ3) is 3.14. The smallest absolute Gasteiger partial charge is 0.231 e. The van der Waals surface area contributed by atoms with Crippen LogP contribution >= 0.6 is 0 Å². The molecule has 106 valence electrons. The van der Waals surface area contributed by atoms with Crippen LogP contribution < -0.4 is 19.5 Å². The Morgan fingerprint density at radius 3 is 2.85 bits per heavy atom. The van der Waals surface area contributed by atoms with E-state index in [9.17, 15) is 0 Å². The van der Waals surface area contributed by atoms with Crippen LogP contribution in [0.15, 0.2) is 12.1 Å². The second-order valence-corrected chi connectivity index (χ2v) is 5.08. The molecule has 2 aliphatic rings. The number of hydrogen-bond donors (Lipinski definition) is 1. The summed E-state index contributed by atoms with van der Waals surface area (Å²) >= 11 is 0. The first-order valence-corrected chi connectivity index (χ1v) is 7.02. The van der Waals surface area contributed by atoms with Crippen LogP contribution in [-0.4, -0.2) is 19.4 Å². The highest BCUT2D eigenvalue weighted by Gasteiger charge is 2.22. The number of ether oxygens (including phenoxy) is 3. The van der Waals surface area contributed by atoms with Crippen molar-refractivity contribution in [2.45, 2.75) is 38.3 Å². The molecular weight excluding hydrogens is 256 g/mol. The van der Waals surface area contributed by atoms with E-state index < -0.39 is 0 Å². The highest BCUT2D eigenvalue weighted by molar-refractivity contribution is 5.51. The zero-order valence-corrected chi connectivity index (χ0v) is 11.4. The Balaban J connectivity index is 1.68. The standard InChI is InChI=1S/C15H18N2O3/c16-5-1-2-6-18-13-8-15-14(19-10-20-15)7-11(13)9-17-12-3-4-12/h7-8,12,17H,1-4,6,9-10H2. The lowest BCUT2D eigenvalue weighted by Gasteiger charge is -2.13. The van der Waals surface area contributed by atoms with E-state index in [0.717, 1.165) is 35.8 Å². The van der Waals surface area contributed by atoms with Crippen LogP contribution in [0.25, 0.3) is 0 Å². The number of fused-ring (bicyclic) bond motifs is 1. The molecule has 5 heteroatoms. The van der Waals surface area contributed by atoms with E-state index in [-0.39, 0.29) is 6.79 Å². The summed E-state index contributed by atoms with van der Waals surface area (Å²) in [5.74, 6) is 2.33. The van der Waals surface area contributed by atoms with Gasteiger partial charge >= 0.3 is 0 Å². The Kier molecular flexibility index (Phi) is 3.93.